The van der Waals surface area contributed by atoms with Gasteiger partial charge in [0.25, 0.3) is 0 Å². The first-order valence-electron chi connectivity index (χ1n) is 28.2. The van der Waals surface area contributed by atoms with E-state index in [1.54, 1.807) is 12.1 Å². The fourth-order valence-corrected chi connectivity index (χ4v) is 282. The van der Waals surface area contributed by atoms with Crippen LogP contribution in [0.15, 0.2) is 197 Å². The summed E-state index contributed by atoms with van der Waals surface area (Å²) in [5.74, 6) is -0.290. The summed E-state index contributed by atoms with van der Waals surface area (Å²) in [6, 6.07) is 36.0. The van der Waals surface area contributed by atoms with Gasteiger partial charge in [0, 0.05) is 60.8 Å². The lowest BCUT2D eigenvalue weighted by Crippen LogP contribution is -1.96. The Morgan fingerprint density at radius 2 is 0.861 bits per heavy atom. The molecule has 4 heterocycles. The first-order chi connectivity index (χ1) is 42.3. The van der Waals surface area contributed by atoms with Crippen LogP contribution in [0.5, 0.6) is 0 Å². The van der Waals surface area contributed by atoms with Crippen LogP contribution < -0.4 is 0 Å². The van der Waals surface area contributed by atoms with E-state index in [2.05, 4.69) is 171 Å². The van der Waals surface area contributed by atoms with Gasteiger partial charge in [-0.05, 0) is 136 Å². The molecule has 0 radical (unpaired) electrons. The molecule has 400 valence electrons. The number of para-hydroxylation sites is 2. The van der Waals surface area contributed by atoms with Gasteiger partial charge in [-0.15, -0.1) is 107 Å². The second-order valence-corrected chi connectivity index (χ2v) is 104. The molecule has 0 N–H and O–H groups in total. The first kappa shape index (κ1) is 50.6. The molecule has 0 amide bonds. The Morgan fingerprint density at radius 3 is 1.42 bits per heavy atom. The van der Waals surface area contributed by atoms with Gasteiger partial charge >= 0.3 is 0 Å². The summed E-state index contributed by atoms with van der Waals surface area (Å²) >= 11 is 0. The molecular formula is C52H55N3O2P22. The maximum absolute atomic E-state index is 8.81. The number of rotatable bonds is 14. The summed E-state index contributed by atoms with van der Waals surface area (Å²) in [6.07, 6.45) is 0. The number of hydrogen-bond acceptors (Lipinski definition) is 4. The van der Waals surface area contributed by atoms with E-state index in [4.69, 9.17) is 27.5 Å². The molecule has 79 heavy (non-hydrogen) atoms. The van der Waals surface area contributed by atoms with Gasteiger partial charge in [0.05, 0.1) is 36.1 Å². The normalized spacial score (nSPS) is 14.2. The largest absolute Gasteiger partial charge is 0.456 e. The van der Waals surface area contributed by atoms with Crippen LogP contribution in [0.4, 0.5) is 0 Å². The minimum atomic E-state index is -0.603. The fraction of sp³-hybridized carbons (Fsp3) is 0. The van der Waals surface area contributed by atoms with E-state index in [1.165, 1.54) is 16.8 Å². The van der Waals surface area contributed by atoms with Crippen molar-refractivity contribution in [1.29, 1.82) is 0 Å². The molecule has 4 aromatic heterocycles. The summed E-state index contributed by atoms with van der Waals surface area (Å²) in [5.41, 5.74) is 7.50. The molecule has 12 unspecified atom stereocenters. The van der Waals surface area contributed by atoms with Crippen LogP contribution in [-0.2, 0) is 0 Å². The van der Waals surface area contributed by atoms with Crippen LogP contribution in [-0.4, -0.2) is 14.5 Å². The maximum atomic E-state index is 8.81. The molecule has 0 aliphatic carbocycles. The van der Waals surface area contributed by atoms with E-state index in [-0.39, 0.29) is 98.2 Å². The molecule has 8 aromatic carbocycles. The molecule has 12 rings (SSSR count). The van der Waals surface area contributed by atoms with Crippen molar-refractivity contribution in [2.45, 2.75) is 0 Å². The zero-order valence-corrected chi connectivity index (χ0v) is 64.0. The fourth-order valence-electron chi connectivity index (χ4n) is 9.29. The molecule has 0 aliphatic rings. The molecule has 0 aliphatic heterocycles. The number of fused-ring (bicyclic) bond motifs is 9. The van der Waals surface area contributed by atoms with E-state index >= 15 is 0 Å². The first-order valence-corrected chi connectivity index (χ1v) is 62.4. The number of furan rings is 2. The van der Waals surface area contributed by atoms with Crippen molar-refractivity contribution in [2.75, 3.05) is 0 Å². The third-order valence-corrected chi connectivity index (χ3v) is 150. The van der Waals surface area contributed by atoms with Gasteiger partial charge in [-0.1, -0.05) is 127 Å². The molecule has 12 atom stereocenters. The van der Waals surface area contributed by atoms with E-state index in [0.717, 1.165) is 44.2 Å². The molecule has 5 nitrogen and oxygen atoms in total. The lowest BCUT2D eigenvalue weighted by Gasteiger charge is -2.47. The van der Waals surface area contributed by atoms with Gasteiger partial charge < -0.3 is 13.4 Å². The lowest BCUT2D eigenvalue weighted by molar-refractivity contribution is 0.668. The molecule has 27 heteroatoms. The van der Waals surface area contributed by atoms with Crippen LogP contribution in [0.3, 0.4) is 0 Å². The second kappa shape index (κ2) is 28.0. The van der Waals surface area contributed by atoms with Gasteiger partial charge in [-0.2, -0.15) is 0 Å². The zero-order chi connectivity index (χ0) is 63.9. The van der Waals surface area contributed by atoms with Gasteiger partial charge in [-0.3, -0.25) is 0 Å². The monoisotopic (exact) mass is 1440 g/mol. The summed E-state index contributed by atoms with van der Waals surface area (Å²) < 4.78 is 101. The number of hydrogen-bond donors (Lipinski definition) is 0. The Bertz CT molecular complexity index is 4500. The molecule has 0 saturated carbocycles. The quantitative estimate of drug-likeness (QED) is 0.102. The third kappa shape index (κ3) is 13.4. The van der Waals surface area contributed by atoms with Crippen LogP contribution in [0, 0.1) is 0 Å². The van der Waals surface area contributed by atoms with Crippen LogP contribution in [0.1, 0.15) is 13.7 Å². The molecule has 0 fully saturated rings. The van der Waals surface area contributed by atoms with Gasteiger partial charge in [0.2, 0.25) is 0 Å². The van der Waals surface area contributed by atoms with E-state index in [0.29, 0.717) is 33.1 Å². The summed E-state index contributed by atoms with van der Waals surface area (Å²) in [5, 5.41) is 5.56. The Morgan fingerprint density at radius 1 is 0.367 bits per heavy atom. The Hall–Kier alpha value is 1.70. The van der Waals surface area contributed by atoms with Crippen molar-refractivity contribution in [3.63, 3.8) is 0 Å². The Balaban J connectivity index is 0.000000318. The maximum Gasteiger partial charge on any atom is 0.160 e. The zero-order valence-electron chi connectivity index (χ0n) is 51.2. The average Bonchev–Trinajstić information content (AvgIpc) is 2.15. The van der Waals surface area contributed by atoms with Crippen LogP contribution in [0.2, 0.25) is 0 Å². The smallest absolute Gasteiger partial charge is 0.160 e. The van der Waals surface area contributed by atoms with Crippen LogP contribution in [0.25, 0.3) is 116 Å². The molecule has 0 saturated heterocycles. The van der Waals surface area contributed by atoms with Crippen molar-refractivity contribution in [3.05, 3.63) is 188 Å². The second-order valence-electron chi connectivity index (χ2n) is 17.1. The summed E-state index contributed by atoms with van der Waals surface area (Å²) in [4.78, 5) is 9.38. The number of aromatic nitrogens is 3. The SMILES string of the molecule is PP(P)P(P(P)P)P(P(P(P)P)P(P)P)P(P(P)P)P(P)P.[2H]c1c([2H])c([2H])c(-c2cc(-c3cccc4oc5ccc(-c6cccc7oc8cc(-n9c%10ccccc%10c%10ccccc%109)ccc8c67)cc5c34)nc(-c3c([2H])c([2H])c([2H])c([2H])c3[2H])n2)c([2H])c1[2H]. The highest BCUT2D eigenvalue weighted by atomic mass is 33.4. The topological polar surface area (TPSA) is 57.0 Å². The van der Waals surface area contributed by atoms with Crippen molar-refractivity contribution < 1.29 is 22.5 Å². The van der Waals surface area contributed by atoms with Crippen molar-refractivity contribution in [1.82, 2.24) is 14.5 Å². The standard InChI is InChI=1S/C52H31N3O2.H24P22/c1-3-13-32(14-4-1)42-31-43(54-52(53-42)33-15-5-2-6-16-33)39-20-12-24-48-51(39)41-29-34(25-28-46(41)56-48)36-19-11-23-47-50(36)40-27-26-35(30-49(40)57-47)55-44-21-9-7-17-37(44)38-18-8-10-22-45(38)55;1-13(2)19(14(3)4)22(20(15(5)6)16(7)8)21(17(9)10)18(11)12/h1-31H;1-12H2/i1D,2D,3D,4D,5D,6D,13D,14D,15D,16D;. The highest BCUT2D eigenvalue weighted by Crippen LogP contribution is 3.32. The third-order valence-electron chi connectivity index (χ3n) is 12.3. The van der Waals surface area contributed by atoms with Crippen molar-refractivity contribution in [3.8, 4) is 50.7 Å². The van der Waals surface area contributed by atoms with E-state index in [1.807, 2.05) is 54.6 Å². The minimum Gasteiger partial charge on any atom is -0.456 e. The molecule has 12 aromatic rings. The van der Waals surface area contributed by atoms with Crippen LogP contribution >= 0.6 is 177 Å². The Kier molecular flexibility index (Phi) is 17.9. The van der Waals surface area contributed by atoms with E-state index in [9.17, 15) is 0 Å². The average molecular weight is 1450 g/mol. The summed E-state index contributed by atoms with van der Waals surface area (Å²) in [7, 11) is 38.2. The number of nitrogens with zero attached hydrogens (tertiary/aromatic N) is 3. The Labute approximate surface area is 514 Å². The van der Waals surface area contributed by atoms with E-state index < -0.39 is 60.4 Å². The predicted octanol–water partition coefficient (Wildman–Crippen LogP) is 26.6. The predicted molar refractivity (Wildman–Crippen MR) is 418 cm³/mol. The lowest BCUT2D eigenvalue weighted by atomic mass is 9.96. The summed E-state index contributed by atoms with van der Waals surface area (Å²) in [6.45, 7) is 0.507. The van der Waals surface area contributed by atoms with Gasteiger partial charge in [0.15, 0.2) is 5.82 Å². The van der Waals surface area contributed by atoms with Crippen molar-refractivity contribution in [2.24, 2.45) is 0 Å². The number of benzene rings is 8. The van der Waals surface area contributed by atoms with Gasteiger partial charge in [0.1, 0.15) is 22.3 Å². The highest BCUT2D eigenvalue weighted by molar-refractivity contribution is 9.38. The molecule has 0 spiro atoms. The highest BCUT2D eigenvalue weighted by Gasteiger charge is 2.44. The minimum absolute atomic E-state index is 0.00720. The molecular weight excluding hydrogens is 1380 g/mol. The van der Waals surface area contributed by atoms with Gasteiger partial charge in [-0.25, -0.2) is 9.97 Å². The molecule has 0 bridgehead atoms. The van der Waals surface area contributed by atoms with Crippen molar-refractivity contribution >= 4 is 243 Å².